The summed E-state index contributed by atoms with van der Waals surface area (Å²) in [6.45, 7) is 2.67. The summed E-state index contributed by atoms with van der Waals surface area (Å²) in [6.07, 6.45) is 2.01. The van der Waals surface area contributed by atoms with E-state index in [0.717, 1.165) is 31.7 Å². The van der Waals surface area contributed by atoms with Gasteiger partial charge in [-0.05, 0) is 54.7 Å². The van der Waals surface area contributed by atoms with Gasteiger partial charge in [0.25, 0.3) is 5.91 Å². The lowest BCUT2D eigenvalue weighted by atomic mass is 9.99. The highest BCUT2D eigenvalue weighted by atomic mass is 16.6. The molecule has 0 spiro atoms. The maximum Gasteiger partial charge on any atom is 0.254 e. The third-order valence-corrected chi connectivity index (χ3v) is 5.05. The van der Waals surface area contributed by atoms with Gasteiger partial charge >= 0.3 is 0 Å². The number of ether oxygens (including phenoxy) is 3. The molecule has 2 aromatic carbocycles. The van der Waals surface area contributed by atoms with Crippen LogP contribution in [0.1, 0.15) is 22.3 Å². The van der Waals surface area contributed by atoms with Crippen molar-refractivity contribution >= 4 is 5.91 Å². The molecule has 2 heterocycles. The molecule has 4 rings (SSSR count). The fourth-order valence-corrected chi connectivity index (χ4v) is 3.64. The second kappa shape index (κ2) is 7.28. The van der Waals surface area contributed by atoms with E-state index in [-0.39, 0.29) is 5.91 Å². The number of rotatable bonds is 4. The standard InChI is InChI=1S/C21H23NO4/c1-24-18-5-2-15(3-6-18)12-16-8-9-22(14-16)21(23)17-4-7-19-20(13-17)26-11-10-25-19/h2-7,13,16H,8-12,14H2,1H3. The van der Waals surface area contributed by atoms with E-state index in [1.54, 1.807) is 13.2 Å². The molecule has 136 valence electrons. The van der Waals surface area contributed by atoms with E-state index in [2.05, 4.69) is 12.1 Å². The third-order valence-electron chi connectivity index (χ3n) is 5.05. The number of hydrogen-bond acceptors (Lipinski definition) is 4. The molecule has 0 N–H and O–H groups in total. The van der Waals surface area contributed by atoms with Crippen LogP contribution < -0.4 is 14.2 Å². The van der Waals surface area contributed by atoms with Crippen LogP contribution in [0.15, 0.2) is 42.5 Å². The molecule has 0 saturated carbocycles. The van der Waals surface area contributed by atoms with Crippen LogP contribution in [-0.4, -0.2) is 44.2 Å². The summed E-state index contributed by atoms with van der Waals surface area (Å²) >= 11 is 0. The molecule has 1 saturated heterocycles. The first kappa shape index (κ1) is 16.8. The summed E-state index contributed by atoms with van der Waals surface area (Å²) in [7, 11) is 1.67. The third kappa shape index (κ3) is 3.47. The minimum absolute atomic E-state index is 0.0687. The highest BCUT2D eigenvalue weighted by Gasteiger charge is 2.28. The van der Waals surface area contributed by atoms with Gasteiger partial charge in [0.1, 0.15) is 19.0 Å². The molecule has 0 bridgehead atoms. The lowest BCUT2D eigenvalue weighted by molar-refractivity contribution is 0.0786. The summed E-state index contributed by atoms with van der Waals surface area (Å²) < 4.78 is 16.3. The van der Waals surface area contributed by atoms with Crippen molar-refractivity contribution in [2.24, 2.45) is 5.92 Å². The highest BCUT2D eigenvalue weighted by Crippen LogP contribution is 2.32. The number of benzene rings is 2. The van der Waals surface area contributed by atoms with Crippen molar-refractivity contribution < 1.29 is 19.0 Å². The Morgan fingerprint density at radius 1 is 1.12 bits per heavy atom. The number of carbonyl (C=O) groups excluding carboxylic acids is 1. The smallest absolute Gasteiger partial charge is 0.254 e. The molecule has 5 nitrogen and oxygen atoms in total. The molecule has 2 aliphatic heterocycles. The van der Waals surface area contributed by atoms with E-state index in [0.29, 0.717) is 36.2 Å². The highest BCUT2D eigenvalue weighted by molar-refractivity contribution is 5.95. The van der Waals surface area contributed by atoms with Crippen LogP contribution in [0, 0.1) is 5.92 Å². The summed E-state index contributed by atoms with van der Waals surface area (Å²) in [5, 5.41) is 0. The number of amides is 1. The fraction of sp³-hybridized carbons (Fsp3) is 0.381. The largest absolute Gasteiger partial charge is 0.497 e. The second-order valence-electron chi connectivity index (χ2n) is 6.82. The van der Waals surface area contributed by atoms with Crippen LogP contribution in [0.3, 0.4) is 0 Å². The Kier molecular flexibility index (Phi) is 4.69. The first-order valence-corrected chi connectivity index (χ1v) is 9.05. The van der Waals surface area contributed by atoms with E-state index in [9.17, 15) is 4.79 Å². The SMILES string of the molecule is COc1ccc(CC2CCN(C(=O)c3ccc4c(c3)OCCO4)C2)cc1. The van der Waals surface area contributed by atoms with Crippen LogP contribution in [0.25, 0.3) is 0 Å². The molecule has 0 aromatic heterocycles. The van der Waals surface area contributed by atoms with Crippen molar-refractivity contribution in [1.82, 2.24) is 4.90 Å². The van der Waals surface area contributed by atoms with Gasteiger partial charge in [-0.25, -0.2) is 0 Å². The molecule has 2 aliphatic rings. The average Bonchev–Trinajstić information content (AvgIpc) is 3.16. The molecule has 1 atom stereocenters. The summed E-state index contributed by atoms with van der Waals surface area (Å²) in [4.78, 5) is 14.8. The van der Waals surface area contributed by atoms with Gasteiger partial charge in [0.05, 0.1) is 7.11 Å². The zero-order valence-corrected chi connectivity index (χ0v) is 14.9. The molecular formula is C21H23NO4. The quantitative estimate of drug-likeness (QED) is 0.847. The van der Waals surface area contributed by atoms with Gasteiger partial charge in [-0.3, -0.25) is 4.79 Å². The van der Waals surface area contributed by atoms with Crippen LogP contribution in [0.4, 0.5) is 0 Å². The molecule has 2 aromatic rings. The lowest BCUT2D eigenvalue weighted by Crippen LogP contribution is -2.29. The first-order valence-electron chi connectivity index (χ1n) is 9.05. The van der Waals surface area contributed by atoms with Gasteiger partial charge in [-0.15, -0.1) is 0 Å². The van der Waals surface area contributed by atoms with Gasteiger partial charge in [-0.2, -0.15) is 0 Å². The van der Waals surface area contributed by atoms with Crippen LogP contribution >= 0.6 is 0 Å². The number of carbonyl (C=O) groups is 1. The van der Waals surface area contributed by atoms with Crippen molar-refractivity contribution in [3.05, 3.63) is 53.6 Å². The summed E-state index contributed by atoms with van der Waals surface area (Å²) in [5.41, 5.74) is 1.95. The van der Waals surface area contributed by atoms with Crippen LogP contribution in [0.2, 0.25) is 0 Å². The van der Waals surface area contributed by atoms with E-state index in [1.807, 2.05) is 29.2 Å². The lowest BCUT2D eigenvalue weighted by Gasteiger charge is -2.21. The maximum atomic E-state index is 12.8. The Bertz CT molecular complexity index is 787. The Morgan fingerprint density at radius 2 is 1.88 bits per heavy atom. The van der Waals surface area contributed by atoms with Gasteiger partial charge in [0.2, 0.25) is 0 Å². The van der Waals surface area contributed by atoms with Crippen molar-refractivity contribution in [2.45, 2.75) is 12.8 Å². The summed E-state index contributed by atoms with van der Waals surface area (Å²) in [6, 6.07) is 13.6. The van der Waals surface area contributed by atoms with Crippen molar-refractivity contribution in [3.63, 3.8) is 0 Å². The molecule has 1 unspecified atom stereocenters. The fourth-order valence-electron chi connectivity index (χ4n) is 3.64. The Hall–Kier alpha value is -2.69. The normalized spacial score (nSPS) is 18.7. The van der Waals surface area contributed by atoms with E-state index < -0.39 is 0 Å². The Balaban J connectivity index is 1.39. The van der Waals surface area contributed by atoms with Gasteiger partial charge in [0.15, 0.2) is 11.5 Å². The van der Waals surface area contributed by atoms with E-state index in [4.69, 9.17) is 14.2 Å². The maximum absolute atomic E-state index is 12.8. The topological polar surface area (TPSA) is 48.0 Å². The number of hydrogen-bond donors (Lipinski definition) is 0. The summed E-state index contributed by atoms with van der Waals surface area (Å²) in [5.74, 6) is 2.81. The average molecular weight is 353 g/mol. The first-order chi connectivity index (χ1) is 12.7. The number of fused-ring (bicyclic) bond motifs is 1. The number of methoxy groups -OCH3 is 1. The molecule has 0 aliphatic carbocycles. The van der Waals surface area contributed by atoms with Crippen LogP contribution in [-0.2, 0) is 6.42 Å². The van der Waals surface area contributed by atoms with Crippen LogP contribution in [0.5, 0.6) is 17.2 Å². The minimum atomic E-state index is 0.0687. The van der Waals surface area contributed by atoms with Crippen molar-refractivity contribution in [1.29, 1.82) is 0 Å². The van der Waals surface area contributed by atoms with E-state index >= 15 is 0 Å². The predicted octanol–water partition coefficient (Wildman–Crippen LogP) is 3.17. The molecule has 5 heteroatoms. The zero-order chi connectivity index (χ0) is 17.9. The predicted molar refractivity (Wildman–Crippen MR) is 98.1 cm³/mol. The molecule has 26 heavy (non-hydrogen) atoms. The molecule has 0 radical (unpaired) electrons. The molecule has 1 fully saturated rings. The number of nitrogens with zero attached hydrogens (tertiary/aromatic N) is 1. The number of likely N-dealkylation sites (tertiary alicyclic amines) is 1. The van der Waals surface area contributed by atoms with Gasteiger partial charge in [-0.1, -0.05) is 12.1 Å². The van der Waals surface area contributed by atoms with Crippen molar-refractivity contribution in [3.8, 4) is 17.2 Å². The molecular weight excluding hydrogens is 330 g/mol. The van der Waals surface area contributed by atoms with Crippen molar-refractivity contribution in [2.75, 3.05) is 33.4 Å². The second-order valence-corrected chi connectivity index (χ2v) is 6.82. The monoisotopic (exact) mass is 353 g/mol. The zero-order valence-electron chi connectivity index (χ0n) is 14.9. The minimum Gasteiger partial charge on any atom is -0.497 e. The Labute approximate surface area is 153 Å². The van der Waals surface area contributed by atoms with E-state index in [1.165, 1.54) is 5.56 Å². The van der Waals surface area contributed by atoms with Gasteiger partial charge < -0.3 is 19.1 Å². The molecule has 1 amide bonds. The van der Waals surface area contributed by atoms with Gasteiger partial charge in [0, 0.05) is 18.7 Å². The Morgan fingerprint density at radius 3 is 2.65 bits per heavy atom.